The molecule has 1 atom stereocenters. The molecular formula is C13H16N2O. The molecule has 1 aromatic rings. The van der Waals surface area contributed by atoms with Crippen molar-refractivity contribution in [2.75, 3.05) is 25.1 Å². The van der Waals surface area contributed by atoms with Crippen molar-refractivity contribution in [1.29, 1.82) is 5.26 Å². The van der Waals surface area contributed by atoms with Gasteiger partial charge in [0.2, 0.25) is 0 Å². The molecule has 3 nitrogen and oxygen atoms in total. The third kappa shape index (κ3) is 2.74. The topological polar surface area (TPSA) is 45.0 Å². The molecule has 1 aliphatic heterocycles. The molecule has 1 unspecified atom stereocenters. The number of para-hydroxylation sites is 1. The molecule has 84 valence electrons. The van der Waals surface area contributed by atoms with Gasteiger partial charge in [0.1, 0.15) is 6.07 Å². The highest BCUT2D eigenvalue weighted by molar-refractivity contribution is 5.57. The molecule has 1 saturated heterocycles. The van der Waals surface area contributed by atoms with Crippen molar-refractivity contribution in [2.45, 2.75) is 12.8 Å². The summed E-state index contributed by atoms with van der Waals surface area (Å²) in [5, 5.41) is 12.3. The number of benzene rings is 1. The van der Waals surface area contributed by atoms with E-state index in [-0.39, 0.29) is 0 Å². The molecule has 2 rings (SSSR count). The van der Waals surface area contributed by atoms with Gasteiger partial charge in [-0.1, -0.05) is 12.1 Å². The minimum Gasteiger partial charge on any atom is -0.384 e. The Morgan fingerprint density at radius 3 is 3.06 bits per heavy atom. The molecule has 0 amide bonds. The average Bonchev–Trinajstić information content (AvgIpc) is 2.38. The van der Waals surface area contributed by atoms with Crippen molar-refractivity contribution in [3.8, 4) is 6.07 Å². The summed E-state index contributed by atoms with van der Waals surface area (Å²) in [6, 6.07) is 9.80. The lowest BCUT2D eigenvalue weighted by atomic mass is 10.0. The highest BCUT2D eigenvalue weighted by Crippen LogP contribution is 2.17. The number of rotatable bonds is 3. The van der Waals surface area contributed by atoms with Crippen LogP contribution in [0.25, 0.3) is 0 Å². The van der Waals surface area contributed by atoms with Crippen LogP contribution in [0.4, 0.5) is 5.69 Å². The Balaban J connectivity index is 1.91. The van der Waals surface area contributed by atoms with Gasteiger partial charge >= 0.3 is 0 Å². The number of nitriles is 1. The number of ether oxygens (including phenoxy) is 1. The first-order valence-corrected chi connectivity index (χ1v) is 5.71. The summed E-state index contributed by atoms with van der Waals surface area (Å²) in [6.07, 6.45) is 2.36. The third-order valence-electron chi connectivity index (χ3n) is 2.88. The van der Waals surface area contributed by atoms with Crippen LogP contribution in [-0.4, -0.2) is 19.8 Å². The van der Waals surface area contributed by atoms with Crippen LogP contribution in [0.5, 0.6) is 0 Å². The van der Waals surface area contributed by atoms with Gasteiger partial charge in [-0.2, -0.15) is 5.26 Å². The first-order valence-electron chi connectivity index (χ1n) is 5.71. The second kappa shape index (κ2) is 5.53. The second-order valence-electron chi connectivity index (χ2n) is 4.12. The summed E-state index contributed by atoms with van der Waals surface area (Å²) in [6.45, 7) is 2.62. The Morgan fingerprint density at radius 1 is 1.44 bits per heavy atom. The molecular weight excluding hydrogens is 200 g/mol. The minimum absolute atomic E-state index is 0.570. The van der Waals surface area contributed by atoms with Crippen molar-refractivity contribution in [3.05, 3.63) is 29.8 Å². The van der Waals surface area contributed by atoms with E-state index >= 15 is 0 Å². The molecule has 0 bridgehead atoms. The van der Waals surface area contributed by atoms with Gasteiger partial charge in [0.15, 0.2) is 0 Å². The maximum atomic E-state index is 8.94. The van der Waals surface area contributed by atoms with Gasteiger partial charge in [0.05, 0.1) is 17.9 Å². The van der Waals surface area contributed by atoms with Crippen LogP contribution in [0.2, 0.25) is 0 Å². The Hall–Kier alpha value is -1.53. The quantitative estimate of drug-likeness (QED) is 0.843. The van der Waals surface area contributed by atoms with Crippen LogP contribution in [0.1, 0.15) is 18.4 Å². The van der Waals surface area contributed by atoms with E-state index < -0.39 is 0 Å². The molecule has 1 heterocycles. The summed E-state index contributed by atoms with van der Waals surface area (Å²) in [5.74, 6) is 0.570. The number of hydrogen-bond donors (Lipinski definition) is 1. The van der Waals surface area contributed by atoms with Crippen molar-refractivity contribution in [2.24, 2.45) is 5.92 Å². The summed E-state index contributed by atoms with van der Waals surface area (Å²) in [5.41, 5.74) is 1.63. The van der Waals surface area contributed by atoms with Crippen molar-refractivity contribution >= 4 is 5.69 Å². The smallest absolute Gasteiger partial charge is 0.101 e. The zero-order chi connectivity index (χ0) is 11.2. The molecule has 1 aromatic carbocycles. The molecule has 0 spiro atoms. The fourth-order valence-electron chi connectivity index (χ4n) is 1.96. The Kier molecular flexibility index (Phi) is 3.79. The van der Waals surface area contributed by atoms with Gasteiger partial charge in [-0.25, -0.2) is 0 Å². The van der Waals surface area contributed by atoms with Gasteiger partial charge < -0.3 is 10.1 Å². The molecule has 1 fully saturated rings. The summed E-state index contributed by atoms with van der Waals surface area (Å²) < 4.78 is 5.42. The number of anilines is 1. The molecule has 0 aliphatic carbocycles. The maximum Gasteiger partial charge on any atom is 0.101 e. The zero-order valence-electron chi connectivity index (χ0n) is 9.28. The standard InChI is InChI=1S/C13H16N2O/c14-8-12-5-1-2-6-13(12)15-9-11-4-3-7-16-10-11/h1-2,5-6,11,15H,3-4,7,9-10H2. The van der Waals surface area contributed by atoms with Gasteiger partial charge in [-0.15, -0.1) is 0 Å². The van der Waals surface area contributed by atoms with E-state index in [4.69, 9.17) is 10.00 Å². The summed E-state index contributed by atoms with van der Waals surface area (Å²) >= 11 is 0. The van der Waals surface area contributed by atoms with Gasteiger partial charge in [-0.3, -0.25) is 0 Å². The van der Waals surface area contributed by atoms with Crippen molar-refractivity contribution in [3.63, 3.8) is 0 Å². The summed E-state index contributed by atoms with van der Waals surface area (Å²) in [4.78, 5) is 0. The fourth-order valence-corrected chi connectivity index (χ4v) is 1.96. The van der Waals surface area contributed by atoms with E-state index in [0.717, 1.165) is 31.9 Å². The average molecular weight is 216 g/mol. The van der Waals surface area contributed by atoms with E-state index in [1.165, 1.54) is 6.42 Å². The molecule has 16 heavy (non-hydrogen) atoms. The Morgan fingerprint density at radius 2 is 2.31 bits per heavy atom. The van der Waals surface area contributed by atoms with Crippen LogP contribution >= 0.6 is 0 Å². The predicted octanol–water partition coefficient (Wildman–Crippen LogP) is 2.40. The first kappa shape index (κ1) is 11.0. The SMILES string of the molecule is N#Cc1ccccc1NCC1CCCOC1. The van der Waals surface area contributed by atoms with Crippen LogP contribution in [0.3, 0.4) is 0 Å². The summed E-state index contributed by atoms with van der Waals surface area (Å²) in [7, 11) is 0. The van der Waals surface area contributed by atoms with Crippen molar-refractivity contribution < 1.29 is 4.74 Å². The first-order chi connectivity index (χ1) is 7.90. The Labute approximate surface area is 96.0 Å². The van der Waals surface area contributed by atoms with Crippen molar-refractivity contribution in [1.82, 2.24) is 0 Å². The maximum absolute atomic E-state index is 8.94. The second-order valence-corrected chi connectivity index (χ2v) is 4.12. The van der Waals surface area contributed by atoms with E-state index in [9.17, 15) is 0 Å². The van der Waals surface area contributed by atoms with Crippen LogP contribution in [0.15, 0.2) is 24.3 Å². The van der Waals surface area contributed by atoms with E-state index in [1.807, 2.05) is 24.3 Å². The van der Waals surface area contributed by atoms with Crippen LogP contribution in [0, 0.1) is 17.2 Å². The molecule has 3 heteroatoms. The van der Waals surface area contributed by atoms with Gasteiger partial charge in [0.25, 0.3) is 0 Å². The fraction of sp³-hybridized carbons (Fsp3) is 0.462. The number of nitrogens with one attached hydrogen (secondary N) is 1. The highest BCUT2D eigenvalue weighted by Gasteiger charge is 2.13. The molecule has 1 N–H and O–H groups in total. The number of hydrogen-bond acceptors (Lipinski definition) is 3. The van der Waals surface area contributed by atoms with E-state index in [0.29, 0.717) is 11.5 Å². The monoisotopic (exact) mass is 216 g/mol. The lowest BCUT2D eigenvalue weighted by Crippen LogP contribution is -2.24. The van der Waals surface area contributed by atoms with Crippen LogP contribution in [-0.2, 0) is 4.74 Å². The third-order valence-corrected chi connectivity index (χ3v) is 2.88. The normalized spacial score (nSPS) is 20.1. The molecule has 0 aromatic heterocycles. The van der Waals surface area contributed by atoms with Crippen LogP contribution < -0.4 is 5.32 Å². The lowest BCUT2D eigenvalue weighted by molar-refractivity contribution is 0.0595. The molecule has 0 radical (unpaired) electrons. The van der Waals surface area contributed by atoms with Gasteiger partial charge in [0, 0.05) is 13.2 Å². The minimum atomic E-state index is 0.570. The van der Waals surface area contributed by atoms with E-state index in [2.05, 4.69) is 11.4 Å². The largest absolute Gasteiger partial charge is 0.384 e. The number of nitrogens with zero attached hydrogens (tertiary/aromatic N) is 1. The Bertz CT molecular complexity index is 378. The van der Waals surface area contributed by atoms with E-state index in [1.54, 1.807) is 0 Å². The molecule has 0 saturated carbocycles. The van der Waals surface area contributed by atoms with Gasteiger partial charge in [-0.05, 0) is 30.9 Å². The molecule has 1 aliphatic rings. The predicted molar refractivity (Wildman–Crippen MR) is 63.2 cm³/mol. The zero-order valence-corrected chi connectivity index (χ0v) is 9.28. The lowest BCUT2D eigenvalue weighted by Gasteiger charge is -2.22. The highest BCUT2D eigenvalue weighted by atomic mass is 16.5.